The quantitative estimate of drug-likeness (QED) is 0.710. The average molecular weight is 353 g/mol. The molecule has 0 aliphatic heterocycles. The lowest BCUT2D eigenvalue weighted by molar-refractivity contribution is 0.102. The number of hydrogen-bond acceptors (Lipinski definition) is 5. The van der Waals surface area contributed by atoms with Gasteiger partial charge < -0.3 is 19.5 Å². The number of ether oxygens (including phenoxy) is 3. The zero-order chi connectivity index (χ0) is 18.5. The van der Waals surface area contributed by atoms with E-state index in [1.165, 1.54) is 21.3 Å². The highest BCUT2D eigenvalue weighted by Crippen LogP contribution is 2.38. The van der Waals surface area contributed by atoms with Crippen molar-refractivity contribution in [1.82, 2.24) is 10.2 Å². The normalized spacial score (nSPS) is 10.3. The minimum atomic E-state index is -0.279. The molecule has 2 N–H and O–H groups in total. The Labute approximate surface area is 150 Å². The number of hydrogen-bond donors (Lipinski definition) is 2. The van der Waals surface area contributed by atoms with Crippen molar-refractivity contribution in [3.8, 4) is 28.5 Å². The third-order valence-electron chi connectivity index (χ3n) is 3.88. The Morgan fingerprint density at radius 2 is 1.62 bits per heavy atom. The molecule has 2 aromatic carbocycles. The van der Waals surface area contributed by atoms with Gasteiger partial charge in [-0.3, -0.25) is 9.89 Å². The van der Waals surface area contributed by atoms with Crippen LogP contribution in [0, 0.1) is 0 Å². The van der Waals surface area contributed by atoms with Gasteiger partial charge >= 0.3 is 0 Å². The van der Waals surface area contributed by atoms with Crippen molar-refractivity contribution in [3.05, 3.63) is 54.2 Å². The monoisotopic (exact) mass is 353 g/mol. The molecule has 0 radical (unpaired) electrons. The number of rotatable bonds is 6. The van der Waals surface area contributed by atoms with Gasteiger partial charge in [-0.25, -0.2) is 0 Å². The van der Waals surface area contributed by atoms with Crippen LogP contribution >= 0.6 is 0 Å². The maximum absolute atomic E-state index is 12.6. The number of carbonyl (C=O) groups excluding carboxylic acids is 1. The van der Waals surface area contributed by atoms with Gasteiger partial charge in [0.15, 0.2) is 11.5 Å². The van der Waals surface area contributed by atoms with E-state index in [0.717, 1.165) is 11.3 Å². The molecule has 0 atom stereocenters. The highest BCUT2D eigenvalue weighted by Gasteiger charge is 2.17. The van der Waals surface area contributed by atoms with E-state index in [4.69, 9.17) is 14.2 Å². The van der Waals surface area contributed by atoms with Crippen molar-refractivity contribution in [1.29, 1.82) is 0 Å². The van der Waals surface area contributed by atoms with Gasteiger partial charge in [0, 0.05) is 17.4 Å². The van der Waals surface area contributed by atoms with Crippen LogP contribution in [0.25, 0.3) is 11.3 Å². The van der Waals surface area contributed by atoms with E-state index in [1.807, 2.05) is 30.3 Å². The Balaban J connectivity index is 1.81. The molecular formula is C19H19N3O4. The summed E-state index contributed by atoms with van der Waals surface area (Å²) >= 11 is 0. The summed E-state index contributed by atoms with van der Waals surface area (Å²) in [5.41, 5.74) is 2.96. The van der Waals surface area contributed by atoms with Crippen LogP contribution in [0.15, 0.2) is 48.7 Å². The van der Waals surface area contributed by atoms with E-state index in [2.05, 4.69) is 15.5 Å². The van der Waals surface area contributed by atoms with E-state index in [-0.39, 0.29) is 5.91 Å². The minimum Gasteiger partial charge on any atom is -0.493 e. The van der Waals surface area contributed by atoms with Gasteiger partial charge in [0.05, 0.1) is 27.0 Å². The molecule has 3 rings (SSSR count). The summed E-state index contributed by atoms with van der Waals surface area (Å²) in [4.78, 5) is 12.6. The molecule has 0 spiro atoms. The second kappa shape index (κ2) is 7.60. The molecule has 0 aliphatic rings. The van der Waals surface area contributed by atoms with Gasteiger partial charge in [-0.1, -0.05) is 12.1 Å². The highest BCUT2D eigenvalue weighted by atomic mass is 16.5. The highest BCUT2D eigenvalue weighted by molar-refractivity contribution is 6.05. The molecular weight excluding hydrogens is 334 g/mol. The maximum atomic E-state index is 12.6. The van der Waals surface area contributed by atoms with Gasteiger partial charge in [-0.15, -0.1) is 0 Å². The fraction of sp³-hybridized carbons (Fsp3) is 0.158. The average Bonchev–Trinajstić information content (AvgIpc) is 3.22. The Hall–Kier alpha value is -3.48. The van der Waals surface area contributed by atoms with Gasteiger partial charge in [-0.2, -0.15) is 5.10 Å². The molecule has 0 bridgehead atoms. The van der Waals surface area contributed by atoms with E-state index in [9.17, 15) is 4.79 Å². The third kappa shape index (κ3) is 3.46. The van der Waals surface area contributed by atoms with Crippen molar-refractivity contribution in [2.24, 2.45) is 0 Å². The number of benzene rings is 2. The molecule has 7 nitrogen and oxygen atoms in total. The second-order valence-corrected chi connectivity index (χ2v) is 5.42. The number of methoxy groups -OCH3 is 3. The maximum Gasteiger partial charge on any atom is 0.255 e. The first-order valence-electron chi connectivity index (χ1n) is 7.87. The van der Waals surface area contributed by atoms with E-state index < -0.39 is 0 Å². The lowest BCUT2D eigenvalue weighted by atomic mass is 10.1. The van der Waals surface area contributed by atoms with Gasteiger partial charge in [0.25, 0.3) is 5.91 Å². The summed E-state index contributed by atoms with van der Waals surface area (Å²) in [5.74, 6) is 1.01. The van der Waals surface area contributed by atoms with E-state index in [0.29, 0.717) is 28.5 Å². The molecule has 1 amide bonds. The van der Waals surface area contributed by atoms with Crippen LogP contribution < -0.4 is 19.5 Å². The molecule has 0 saturated carbocycles. The predicted molar refractivity (Wildman–Crippen MR) is 98.1 cm³/mol. The first-order valence-corrected chi connectivity index (χ1v) is 7.87. The molecule has 26 heavy (non-hydrogen) atoms. The van der Waals surface area contributed by atoms with E-state index >= 15 is 0 Å². The lowest BCUT2D eigenvalue weighted by Crippen LogP contribution is -2.12. The lowest BCUT2D eigenvalue weighted by Gasteiger charge is -2.14. The van der Waals surface area contributed by atoms with Crippen LogP contribution in [0.4, 0.5) is 5.69 Å². The van der Waals surface area contributed by atoms with Crippen LogP contribution in [-0.4, -0.2) is 37.4 Å². The fourth-order valence-corrected chi connectivity index (χ4v) is 2.57. The van der Waals surface area contributed by atoms with Crippen molar-refractivity contribution < 1.29 is 19.0 Å². The molecule has 0 saturated heterocycles. The molecule has 0 unspecified atom stereocenters. The summed E-state index contributed by atoms with van der Waals surface area (Å²) in [5, 5.41) is 9.68. The molecule has 1 heterocycles. The number of H-pyrrole nitrogens is 1. The molecule has 134 valence electrons. The Morgan fingerprint density at radius 1 is 0.962 bits per heavy atom. The molecule has 3 aromatic rings. The van der Waals surface area contributed by atoms with Crippen LogP contribution in [0.5, 0.6) is 17.2 Å². The zero-order valence-electron chi connectivity index (χ0n) is 14.7. The van der Waals surface area contributed by atoms with Crippen molar-refractivity contribution in [2.45, 2.75) is 0 Å². The number of nitrogens with zero attached hydrogens (tertiary/aromatic N) is 1. The van der Waals surface area contributed by atoms with Crippen molar-refractivity contribution in [3.63, 3.8) is 0 Å². The summed E-state index contributed by atoms with van der Waals surface area (Å²) in [6, 6.07) is 12.5. The zero-order valence-corrected chi connectivity index (χ0v) is 14.7. The molecule has 0 aliphatic carbocycles. The summed E-state index contributed by atoms with van der Waals surface area (Å²) < 4.78 is 15.8. The summed E-state index contributed by atoms with van der Waals surface area (Å²) in [7, 11) is 4.53. The number of carbonyl (C=O) groups is 1. The first kappa shape index (κ1) is 17.3. The van der Waals surface area contributed by atoms with Crippen LogP contribution in [-0.2, 0) is 0 Å². The Bertz CT molecular complexity index is 865. The number of aromatic nitrogens is 2. The number of aromatic amines is 1. The number of amides is 1. The minimum absolute atomic E-state index is 0.279. The number of anilines is 1. The van der Waals surface area contributed by atoms with Crippen LogP contribution in [0.2, 0.25) is 0 Å². The molecule has 7 heteroatoms. The van der Waals surface area contributed by atoms with Gasteiger partial charge in [0.1, 0.15) is 0 Å². The van der Waals surface area contributed by atoms with Crippen molar-refractivity contribution in [2.75, 3.05) is 26.6 Å². The predicted octanol–water partition coefficient (Wildman–Crippen LogP) is 3.35. The smallest absolute Gasteiger partial charge is 0.255 e. The second-order valence-electron chi connectivity index (χ2n) is 5.42. The van der Waals surface area contributed by atoms with Crippen molar-refractivity contribution >= 4 is 11.6 Å². The first-order chi connectivity index (χ1) is 12.7. The van der Waals surface area contributed by atoms with E-state index in [1.54, 1.807) is 18.3 Å². The number of nitrogens with one attached hydrogen (secondary N) is 2. The largest absolute Gasteiger partial charge is 0.493 e. The topological polar surface area (TPSA) is 85.5 Å². The molecule has 1 aromatic heterocycles. The Morgan fingerprint density at radius 3 is 2.12 bits per heavy atom. The van der Waals surface area contributed by atoms with Crippen LogP contribution in [0.1, 0.15) is 10.4 Å². The fourth-order valence-electron chi connectivity index (χ4n) is 2.57. The Kier molecular flexibility index (Phi) is 5.07. The SMILES string of the molecule is COc1cc(C(=O)Nc2ccc(-c3ccn[nH]3)cc2)cc(OC)c1OC. The van der Waals surface area contributed by atoms with Crippen LogP contribution in [0.3, 0.4) is 0 Å². The molecule has 0 fully saturated rings. The summed E-state index contributed by atoms with van der Waals surface area (Å²) in [6.45, 7) is 0. The van der Waals surface area contributed by atoms with Gasteiger partial charge in [-0.05, 0) is 35.9 Å². The third-order valence-corrected chi connectivity index (χ3v) is 3.88. The van der Waals surface area contributed by atoms with Gasteiger partial charge in [0.2, 0.25) is 5.75 Å². The summed E-state index contributed by atoms with van der Waals surface area (Å²) in [6.07, 6.45) is 1.69. The standard InChI is InChI=1S/C19H19N3O4/c1-24-16-10-13(11-17(25-2)18(16)26-3)19(23)21-14-6-4-12(5-7-14)15-8-9-20-22-15/h4-11H,1-3H3,(H,20,22)(H,21,23).